The molecule has 14 nitrogen and oxygen atoms in total. The van der Waals surface area contributed by atoms with E-state index in [0.717, 1.165) is 37.2 Å². The number of amides is 1. The number of sulfonamides is 1. The van der Waals surface area contributed by atoms with Crippen LogP contribution in [0.25, 0.3) is 11.4 Å². The molecule has 0 aliphatic carbocycles. The third-order valence-electron chi connectivity index (χ3n) is 7.87. The fourth-order valence-corrected chi connectivity index (χ4v) is 6.88. The molecule has 1 N–H and O–H groups in total. The zero-order valence-electron chi connectivity index (χ0n) is 26.9. The van der Waals surface area contributed by atoms with Crippen LogP contribution in [0.3, 0.4) is 0 Å². The molecule has 0 atom stereocenters. The third kappa shape index (κ3) is 8.66. The minimum atomic E-state index is -4.34. The number of halogens is 2. The van der Waals surface area contributed by atoms with Crippen molar-refractivity contribution < 1.29 is 36.6 Å². The predicted molar refractivity (Wildman–Crippen MR) is 174 cm³/mol. The van der Waals surface area contributed by atoms with Gasteiger partial charge in [-0.1, -0.05) is 12.1 Å². The second-order valence-corrected chi connectivity index (χ2v) is 12.9. The summed E-state index contributed by atoms with van der Waals surface area (Å²) in [6.07, 6.45) is 4.35. The molecule has 49 heavy (non-hydrogen) atoms. The fourth-order valence-electron chi connectivity index (χ4n) is 5.32. The minimum Gasteiger partial charge on any atom is -0.494 e. The molecule has 0 unspecified atom stereocenters. The molecule has 17 heteroatoms. The van der Waals surface area contributed by atoms with Crippen molar-refractivity contribution in [3.8, 4) is 17.1 Å². The van der Waals surface area contributed by atoms with Crippen molar-refractivity contribution in [3.05, 3.63) is 99.1 Å². The summed E-state index contributed by atoms with van der Waals surface area (Å²) in [6.45, 7) is 0.602. The number of nitrogens with zero attached hydrogens (tertiary/aromatic N) is 6. The summed E-state index contributed by atoms with van der Waals surface area (Å²) in [7, 11) is -1.60. The van der Waals surface area contributed by atoms with Crippen molar-refractivity contribution in [2.24, 2.45) is 14.1 Å². The quantitative estimate of drug-likeness (QED) is 0.316. The Morgan fingerprint density at radius 2 is 1.65 bits per heavy atom. The Labute approximate surface area is 280 Å². The molecule has 1 aliphatic rings. The SMILES string of the molecule is Cn1c(C(=O)N2CCCCN(S(=O)(=O)c3ccc(F)cc3F)CCCOc3cccc(c3)-c3nccn3CC2)cc(=O)n(C)c1=O.O=CO. The maximum Gasteiger partial charge on any atom is 0.331 e. The number of hydrogen-bond acceptors (Lipinski definition) is 8. The van der Waals surface area contributed by atoms with Gasteiger partial charge in [0.1, 0.15) is 33.8 Å². The largest absolute Gasteiger partial charge is 0.494 e. The van der Waals surface area contributed by atoms with Crippen LogP contribution in [0.15, 0.2) is 75.4 Å². The molecule has 0 spiro atoms. The Morgan fingerprint density at radius 3 is 2.39 bits per heavy atom. The Hall–Kier alpha value is -5.16. The molecule has 1 aliphatic heterocycles. The fraction of sp³-hybridized carbons (Fsp3) is 0.344. The van der Waals surface area contributed by atoms with Gasteiger partial charge >= 0.3 is 5.69 Å². The average molecular weight is 703 g/mol. The van der Waals surface area contributed by atoms with Crippen LogP contribution in [0.5, 0.6) is 5.75 Å². The number of aromatic nitrogens is 4. The van der Waals surface area contributed by atoms with E-state index >= 15 is 0 Å². The molecule has 1 amide bonds. The molecule has 262 valence electrons. The molecule has 4 aromatic rings. The number of carbonyl (C=O) groups is 2. The smallest absolute Gasteiger partial charge is 0.331 e. The van der Waals surface area contributed by atoms with Gasteiger partial charge in [-0.3, -0.25) is 23.5 Å². The van der Waals surface area contributed by atoms with Crippen molar-refractivity contribution >= 4 is 22.4 Å². The van der Waals surface area contributed by atoms with Crippen molar-refractivity contribution in [3.63, 3.8) is 0 Å². The van der Waals surface area contributed by atoms with E-state index in [-0.39, 0.29) is 51.4 Å². The maximum absolute atomic E-state index is 14.6. The molecule has 0 saturated carbocycles. The lowest BCUT2D eigenvalue weighted by atomic mass is 10.2. The highest BCUT2D eigenvalue weighted by Crippen LogP contribution is 2.24. The molecule has 0 fully saturated rings. The number of rotatable bonds is 3. The Balaban J connectivity index is 0.00000174. The van der Waals surface area contributed by atoms with E-state index in [4.69, 9.17) is 14.6 Å². The van der Waals surface area contributed by atoms with Crippen molar-refractivity contribution in [1.82, 2.24) is 27.9 Å². The van der Waals surface area contributed by atoms with Crippen LogP contribution in [-0.2, 0) is 35.5 Å². The van der Waals surface area contributed by atoms with Crippen molar-refractivity contribution in [2.45, 2.75) is 30.7 Å². The van der Waals surface area contributed by atoms with Gasteiger partial charge in [-0.05, 0) is 43.5 Å². The van der Waals surface area contributed by atoms with Crippen molar-refractivity contribution in [1.29, 1.82) is 0 Å². The lowest BCUT2D eigenvalue weighted by Gasteiger charge is -2.26. The van der Waals surface area contributed by atoms with Crippen LogP contribution in [0.2, 0.25) is 0 Å². The monoisotopic (exact) mass is 702 g/mol. The molecule has 2 aromatic carbocycles. The molecular formula is C32H36F2N6O8S. The van der Waals surface area contributed by atoms with Crippen LogP contribution < -0.4 is 16.0 Å². The Kier molecular flexibility index (Phi) is 12.2. The topological polar surface area (TPSA) is 166 Å². The highest BCUT2D eigenvalue weighted by Gasteiger charge is 2.28. The summed E-state index contributed by atoms with van der Waals surface area (Å²) >= 11 is 0. The zero-order valence-corrected chi connectivity index (χ0v) is 27.7. The minimum absolute atomic E-state index is 0.00130. The van der Waals surface area contributed by atoms with E-state index in [1.807, 2.05) is 10.6 Å². The lowest BCUT2D eigenvalue weighted by molar-refractivity contribution is -0.122. The first kappa shape index (κ1) is 36.7. The van der Waals surface area contributed by atoms with Gasteiger partial charge in [-0.25, -0.2) is 27.0 Å². The van der Waals surface area contributed by atoms with E-state index in [1.54, 1.807) is 30.6 Å². The van der Waals surface area contributed by atoms with Crippen LogP contribution >= 0.6 is 0 Å². The first-order valence-corrected chi connectivity index (χ1v) is 16.7. The highest BCUT2D eigenvalue weighted by atomic mass is 32.2. The molecule has 0 radical (unpaired) electrons. The highest BCUT2D eigenvalue weighted by molar-refractivity contribution is 7.89. The molecule has 0 saturated heterocycles. The summed E-state index contributed by atoms with van der Waals surface area (Å²) in [4.78, 5) is 52.5. The molecule has 2 bridgehead atoms. The summed E-state index contributed by atoms with van der Waals surface area (Å²) in [5, 5.41) is 6.89. The second kappa shape index (κ2) is 16.3. The van der Waals surface area contributed by atoms with E-state index in [9.17, 15) is 31.6 Å². The molecule has 3 heterocycles. The van der Waals surface area contributed by atoms with Crippen LogP contribution in [0, 0.1) is 11.6 Å². The van der Waals surface area contributed by atoms with Gasteiger partial charge in [0.15, 0.2) is 0 Å². The number of imidazole rings is 1. The number of carbonyl (C=O) groups excluding carboxylic acids is 1. The summed E-state index contributed by atoms with van der Waals surface area (Å²) < 4.78 is 66.2. The van der Waals surface area contributed by atoms with E-state index in [0.29, 0.717) is 37.0 Å². The maximum atomic E-state index is 14.6. The van der Waals surface area contributed by atoms with Crippen LogP contribution in [0.1, 0.15) is 29.8 Å². The third-order valence-corrected chi connectivity index (χ3v) is 9.80. The first-order valence-electron chi connectivity index (χ1n) is 15.2. The van der Waals surface area contributed by atoms with Gasteiger partial charge in [0.25, 0.3) is 17.9 Å². The first-order chi connectivity index (χ1) is 23.4. The van der Waals surface area contributed by atoms with E-state index in [2.05, 4.69) is 4.98 Å². The van der Waals surface area contributed by atoms with Crippen LogP contribution in [0.4, 0.5) is 8.78 Å². The Bertz CT molecular complexity index is 2030. The average Bonchev–Trinajstić information content (AvgIpc) is 3.54. The number of hydrogen-bond donors (Lipinski definition) is 1. The summed E-state index contributed by atoms with van der Waals surface area (Å²) in [5.74, 6) is -1.44. The van der Waals surface area contributed by atoms with E-state index in [1.165, 1.54) is 19.0 Å². The normalized spacial score (nSPS) is 14.8. The lowest BCUT2D eigenvalue weighted by Crippen LogP contribution is -2.43. The second-order valence-electron chi connectivity index (χ2n) is 11.0. The molecule has 2 aromatic heterocycles. The van der Waals surface area contributed by atoms with Gasteiger partial charge in [-0.2, -0.15) is 4.31 Å². The van der Waals surface area contributed by atoms with Gasteiger partial charge in [0, 0.05) is 76.9 Å². The standard InChI is InChI=1S/C31H34F2N6O6S.CH2O2/c1-35-26(21-28(40)36(2)31(35)42)30(41)38-12-3-4-13-39(46(43,44)27-10-9-23(32)20-25(27)33)14-6-18-45-24-8-5-7-22(19-24)29-34-11-15-37(29)16-17-38;2-1-3/h5,7-11,15,19-21H,3-4,6,12-14,16-18H2,1-2H3;1H,(H,2,3). The molecular weight excluding hydrogens is 666 g/mol. The summed E-state index contributed by atoms with van der Waals surface area (Å²) in [5.41, 5.74) is -0.584. The molecule has 5 rings (SSSR count). The van der Waals surface area contributed by atoms with Crippen molar-refractivity contribution in [2.75, 3.05) is 32.8 Å². The number of benzene rings is 2. The summed E-state index contributed by atoms with van der Waals surface area (Å²) in [6, 6.07) is 10.7. The van der Waals surface area contributed by atoms with Gasteiger partial charge in [0.2, 0.25) is 10.0 Å². The van der Waals surface area contributed by atoms with Gasteiger partial charge in [0.05, 0.1) is 6.61 Å². The van der Waals surface area contributed by atoms with E-state index < -0.39 is 43.7 Å². The zero-order chi connectivity index (χ0) is 35.7. The van der Waals surface area contributed by atoms with Crippen LogP contribution in [-0.4, -0.2) is 86.6 Å². The predicted octanol–water partition coefficient (Wildman–Crippen LogP) is 2.32. The van der Waals surface area contributed by atoms with Gasteiger partial charge in [-0.15, -0.1) is 0 Å². The van der Waals surface area contributed by atoms with Gasteiger partial charge < -0.3 is 19.3 Å². The number of carboxylic acid groups (broad SMARTS) is 1. The number of fused-ring (bicyclic) bond motifs is 4. The Morgan fingerprint density at radius 1 is 0.939 bits per heavy atom. The number of ether oxygens (including phenoxy) is 1.